The van der Waals surface area contributed by atoms with Gasteiger partial charge in [-0.05, 0) is 42.2 Å². The van der Waals surface area contributed by atoms with E-state index in [2.05, 4.69) is 85.8 Å². The highest BCUT2D eigenvalue weighted by atomic mass is 16.3. The zero-order chi connectivity index (χ0) is 22.7. The molecule has 4 nitrogen and oxygen atoms in total. The topological polar surface area (TPSA) is 43.9 Å². The molecule has 4 heteroatoms. The Balaban J connectivity index is 1.78. The van der Waals surface area contributed by atoms with Crippen LogP contribution in [0.3, 0.4) is 0 Å². The van der Waals surface area contributed by atoms with E-state index in [9.17, 15) is 0 Å². The summed E-state index contributed by atoms with van der Waals surface area (Å²) in [6.07, 6.45) is 3.83. The molecule has 6 aromatic rings. The van der Waals surface area contributed by atoms with Crippen molar-refractivity contribution < 1.29 is 4.42 Å². The number of para-hydroxylation sites is 2. The Labute approximate surface area is 192 Å². The Hall–Kier alpha value is -3.92. The lowest BCUT2D eigenvalue weighted by Gasteiger charge is -2.21. The molecule has 0 aliphatic rings. The van der Waals surface area contributed by atoms with Crippen LogP contribution in [0, 0.1) is 6.92 Å². The van der Waals surface area contributed by atoms with Crippen LogP contribution in [0.25, 0.3) is 50.0 Å². The van der Waals surface area contributed by atoms with Gasteiger partial charge in [-0.2, -0.15) is 0 Å². The molecule has 0 amide bonds. The molecule has 0 atom stereocenters. The van der Waals surface area contributed by atoms with E-state index in [1.807, 2.05) is 30.6 Å². The standard InChI is InChI=1S/C29H25N3O/c1-18-14-15-21(27-25(18)20-12-8-9-13-24(20)33-27)28-31-23-17-30-16-22(29(2,3)4)26(23)32(28)19-10-6-5-7-11-19/h5-17H,1-4H3. The van der Waals surface area contributed by atoms with Crippen molar-refractivity contribution >= 4 is 33.0 Å². The number of hydrogen-bond acceptors (Lipinski definition) is 3. The Morgan fingerprint density at radius 2 is 1.61 bits per heavy atom. The first-order valence-corrected chi connectivity index (χ1v) is 11.3. The maximum atomic E-state index is 6.43. The molecule has 33 heavy (non-hydrogen) atoms. The number of rotatable bonds is 2. The maximum Gasteiger partial charge on any atom is 0.149 e. The summed E-state index contributed by atoms with van der Waals surface area (Å²) in [4.78, 5) is 9.66. The van der Waals surface area contributed by atoms with E-state index in [0.29, 0.717) is 0 Å². The summed E-state index contributed by atoms with van der Waals surface area (Å²) in [5.41, 5.74) is 8.04. The van der Waals surface area contributed by atoms with Gasteiger partial charge in [-0.3, -0.25) is 9.55 Å². The summed E-state index contributed by atoms with van der Waals surface area (Å²) in [6, 6.07) is 22.9. The molecule has 6 rings (SSSR count). The molecule has 0 spiro atoms. The van der Waals surface area contributed by atoms with Crippen LogP contribution in [0.15, 0.2) is 83.5 Å². The average Bonchev–Trinajstić information content (AvgIpc) is 3.38. The monoisotopic (exact) mass is 431 g/mol. The van der Waals surface area contributed by atoms with Crippen molar-refractivity contribution in [1.82, 2.24) is 14.5 Å². The molecule has 3 aromatic heterocycles. The van der Waals surface area contributed by atoms with Crippen LogP contribution in [0.2, 0.25) is 0 Å². The number of hydrogen-bond donors (Lipinski definition) is 0. The fourth-order valence-electron chi connectivity index (χ4n) is 4.76. The minimum absolute atomic E-state index is 0.0850. The van der Waals surface area contributed by atoms with Crippen molar-refractivity contribution in [3.63, 3.8) is 0 Å². The van der Waals surface area contributed by atoms with Crippen molar-refractivity contribution in [2.75, 3.05) is 0 Å². The third kappa shape index (κ3) is 2.98. The highest BCUT2D eigenvalue weighted by Gasteiger charge is 2.25. The largest absolute Gasteiger partial charge is 0.455 e. The summed E-state index contributed by atoms with van der Waals surface area (Å²) in [6.45, 7) is 8.79. The van der Waals surface area contributed by atoms with Gasteiger partial charge in [0.2, 0.25) is 0 Å². The van der Waals surface area contributed by atoms with Crippen LogP contribution in [-0.2, 0) is 5.41 Å². The maximum absolute atomic E-state index is 6.43. The molecule has 3 aromatic carbocycles. The van der Waals surface area contributed by atoms with E-state index in [1.165, 1.54) is 5.56 Å². The molecule has 0 saturated carbocycles. The van der Waals surface area contributed by atoms with Gasteiger partial charge in [0.05, 0.1) is 17.3 Å². The number of pyridine rings is 1. The molecule has 0 N–H and O–H groups in total. The number of aryl methyl sites for hydroxylation is 1. The quantitative estimate of drug-likeness (QED) is 0.284. The molecular weight excluding hydrogens is 406 g/mol. The molecule has 0 aliphatic carbocycles. The van der Waals surface area contributed by atoms with E-state index in [-0.39, 0.29) is 5.41 Å². The van der Waals surface area contributed by atoms with E-state index in [4.69, 9.17) is 9.40 Å². The second-order valence-electron chi connectivity index (χ2n) is 9.64. The van der Waals surface area contributed by atoms with Gasteiger partial charge in [-0.1, -0.05) is 63.2 Å². The zero-order valence-electron chi connectivity index (χ0n) is 19.3. The number of imidazole rings is 1. The van der Waals surface area contributed by atoms with Crippen LogP contribution in [-0.4, -0.2) is 14.5 Å². The smallest absolute Gasteiger partial charge is 0.149 e. The van der Waals surface area contributed by atoms with E-state index in [0.717, 1.165) is 55.6 Å². The first-order valence-electron chi connectivity index (χ1n) is 11.3. The van der Waals surface area contributed by atoms with Gasteiger partial charge in [-0.15, -0.1) is 0 Å². The lowest BCUT2D eigenvalue weighted by molar-refractivity contribution is 0.591. The highest BCUT2D eigenvalue weighted by Crippen LogP contribution is 2.40. The predicted octanol–water partition coefficient (Wildman–Crippen LogP) is 7.59. The fourth-order valence-corrected chi connectivity index (χ4v) is 4.76. The van der Waals surface area contributed by atoms with Crippen LogP contribution in [0.1, 0.15) is 31.9 Å². The Bertz CT molecular complexity index is 1650. The molecule has 0 unspecified atom stereocenters. The van der Waals surface area contributed by atoms with Gasteiger partial charge in [0, 0.05) is 28.2 Å². The first kappa shape index (κ1) is 19.7. The Morgan fingerprint density at radius 3 is 2.39 bits per heavy atom. The Kier molecular flexibility index (Phi) is 4.21. The van der Waals surface area contributed by atoms with Gasteiger partial charge in [0.25, 0.3) is 0 Å². The highest BCUT2D eigenvalue weighted by molar-refractivity contribution is 6.11. The van der Waals surface area contributed by atoms with Crippen LogP contribution in [0.4, 0.5) is 0 Å². The van der Waals surface area contributed by atoms with Gasteiger partial charge >= 0.3 is 0 Å². The van der Waals surface area contributed by atoms with Gasteiger partial charge in [0.15, 0.2) is 0 Å². The summed E-state index contributed by atoms with van der Waals surface area (Å²) < 4.78 is 8.69. The van der Waals surface area contributed by atoms with E-state index < -0.39 is 0 Å². The van der Waals surface area contributed by atoms with Gasteiger partial charge in [-0.25, -0.2) is 4.98 Å². The molecule has 162 valence electrons. The fraction of sp³-hybridized carbons (Fsp3) is 0.172. The molecule has 0 aliphatic heterocycles. The van der Waals surface area contributed by atoms with Crippen molar-refractivity contribution in [1.29, 1.82) is 0 Å². The Morgan fingerprint density at radius 1 is 0.848 bits per heavy atom. The van der Waals surface area contributed by atoms with Crippen LogP contribution >= 0.6 is 0 Å². The predicted molar refractivity (Wildman–Crippen MR) is 135 cm³/mol. The van der Waals surface area contributed by atoms with Crippen molar-refractivity contribution in [3.8, 4) is 17.1 Å². The SMILES string of the molecule is Cc1ccc(-c2nc3cncc(C(C)(C)C)c3n2-c2ccccc2)c2oc3ccccc3c12. The zero-order valence-corrected chi connectivity index (χ0v) is 19.3. The minimum Gasteiger partial charge on any atom is -0.455 e. The summed E-state index contributed by atoms with van der Waals surface area (Å²) in [5, 5.41) is 2.27. The molecular formula is C29H25N3O. The second kappa shape index (κ2) is 7.04. The minimum atomic E-state index is -0.0850. The lowest BCUT2D eigenvalue weighted by Crippen LogP contribution is -2.14. The molecule has 0 saturated heterocycles. The molecule has 3 heterocycles. The summed E-state index contributed by atoms with van der Waals surface area (Å²) in [5.74, 6) is 0.860. The molecule has 0 bridgehead atoms. The number of benzene rings is 3. The third-order valence-electron chi connectivity index (χ3n) is 6.36. The van der Waals surface area contributed by atoms with Crippen molar-refractivity contribution in [2.45, 2.75) is 33.1 Å². The van der Waals surface area contributed by atoms with Crippen LogP contribution in [0.5, 0.6) is 0 Å². The third-order valence-corrected chi connectivity index (χ3v) is 6.36. The van der Waals surface area contributed by atoms with Crippen molar-refractivity contribution in [3.05, 3.63) is 90.3 Å². The summed E-state index contributed by atoms with van der Waals surface area (Å²) in [7, 11) is 0. The number of aromatic nitrogens is 3. The van der Waals surface area contributed by atoms with E-state index >= 15 is 0 Å². The second-order valence-corrected chi connectivity index (χ2v) is 9.64. The van der Waals surface area contributed by atoms with Crippen molar-refractivity contribution in [2.24, 2.45) is 0 Å². The van der Waals surface area contributed by atoms with Crippen LogP contribution < -0.4 is 0 Å². The first-order chi connectivity index (χ1) is 15.9. The normalized spacial score (nSPS) is 12.2. The summed E-state index contributed by atoms with van der Waals surface area (Å²) >= 11 is 0. The average molecular weight is 432 g/mol. The number of furan rings is 1. The van der Waals surface area contributed by atoms with Gasteiger partial charge in [0.1, 0.15) is 22.5 Å². The number of nitrogens with zero attached hydrogens (tertiary/aromatic N) is 3. The number of fused-ring (bicyclic) bond motifs is 4. The molecule has 0 radical (unpaired) electrons. The van der Waals surface area contributed by atoms with E-state index in [1.54, 1.807) is 0 Å². The molecule has 0 fully saturated rings. The van der Waals surface area contributed by atoms with Gasteiger partial charge < -0.3 is 4.42 Å². The lowest BCUT2D eigenvalue weighted by atomic mass is 9.87.